The van der Waals surface area contributed by atoms with Crippen molar-refractivity contribution in [1.82, 2.24) is 9.80 Å². The standard InChI is InChI=1S/C24H29N3O5/c1-26-18-9-10-27(14-16(18)12-23(26)28)24(29)15-7-8-21(31-3)22(11-15)32-20-6-4-5-19(30-2)17(20)13-25/h4-8,11,16,18H,9-10,12-14,25H2,1-3H3/t16-,18+/m1/s1. The Hall–Kier alpha value is -3.26. The highest BCUT2D eigenvalue weighted by atomic mass is 16.5. The molecule has 8 heteroatoms. The van der Waals surface area contributed by atoms with Crippen molar-refractivity contribution < 1.29 is 23.8 Å². The molecule has 0 spiro atoms. The normalized spacial score (nSPS) is 20.2. The maximum absolute atomic E-state index is 13.3. The van der Waals surface area contributed by atoms with Crippen molar-refractivity contribution >= 4 is 11.8 Å². The van der Waals surface area contributed by atoms with E-state index in [2.05, 4.69) is 0 Å². The van der Waals surface area contributed by atoms with Crippen molar-refractivity contribution in [1.29, 1.82) is 0 Å². The number of likely N-dealkylation sites (tertiary alicyclic amines) is 2. The molecule has 0 unspecified atom stereocenters. The van der Waals surface area contributed by atoms with Gasteiger partial charge in [0.15, 0.2) is 11.5 Å². The van der Waals surface area contributed by atoms with Gasteiger partial charge in [-0.3, -0.25) is 9.59 Å². The highest BCUT2D eigenvalue weighted by Gasteiger charge is 2.42. The zero-order chi connectivity index (χ0) is 22.8. The smallest absolute Gasteiger partial charge is 0.254 e. The van der Waals surface area contributed by atoms with Gasteiger partial charge in [-0.05, 0) is 36.8 Å². The number of benzene rings is 2. The lowest BCUT2D eigenvalue weighted by molar-refractivity contribution is -0.127. The third kappa shape index (κ3) is 3.98. The number of piperidine rings is 1. The van der Waals surface area contributed by atoms with Gasteiger partial charge in [-0.15, -0.1) is 0 Å². The number of amides is 2. The lowest BCUT2D eigenvalue weighted by Crippen LogP contribution is -2.47. The van der Waals surface area contributed by atoms with Crippen LogP contribution in [0.5, 0.6) is 23.0 Å². The van der Waals surface area contributed by atoms with E-state index in [1.165, 1.54) is 0 Å². The summed E-state index contributed by atoms with van der Waals surface area (Å²) in [6, 6.07) is 10.8. The van der Waals surface area contributed by atoms with Gasteiger partial charge in [0.2, 0.25) is 5.91 Å². The summed E-state index contributed by atoms with van der Waals surface area (Å²) in [6.45, 7) is 1.44. The minimum absolute atomic E-state index is 0.0809. The molecule has 0 aliphatic carbocycles. The summed E-state index contributed by atoms with van der Waals surface area (Å²) in [5.74, 6) is 2.37. The number of hydrogen-bond donors (Lipinski definition) is 1. The van der Waals surface area contributed by atoms with Gasteiger partial charge in [0.05, 0.1) is 19.8 Å². The van der Waals surface area contributed by atoms with Crippen LogP contribution in [0.15, 0.2) is 36.4 Å². The largest absolute Gasteiger partial charge is 0.496 e. The van der Waals surface area contributed by atoms with Crippen LogP contribution in [0.4, 0.5) is 0 Å². The van der Waals surface area contributed by atoms with Gasteiger partial charge in [0.25, 0.3) is 5.91 Å². The molecule has 0 bridgehead atoms. The van der Waals surface area contributed by atoms with Gasteiger partial charge in [-0.25, -0.2) is 0 Å². The molecular formula is C24H29N3O5. The van der Waals surface area contributed by atoms with E-state index >= 15 is 0 Å². The van der Waals surface area contributed by atoms with E-state index in [9.17, 15) is 9.59 Å². The minimum Gasteiger partial charge on any atom is -0.496 e. The number of rotatable bonds is 6. The number of nitrogens with zero attached hydrogens (tertiary/aromatic N) is 2. The Morgan fingerprint density at radius 3 is 2.56 bits per heavy atom. The minimum atomic E-state index is -0.0809. The fourth-order valence-corrected chi connectivity index (χ4v) is 4.69. The molecule has 2 aromatic carbocycles. The van der Waals surface area contributed by atoms with Crippen LogP contribution in [-0.2, 0) is 11.3 Å². The number of fused-ring (bicyclic) bond motifs is 1. The Balaban J connectivity index is 1.57. The van der Waals surface area contributed by atoms with E-state index in [4.69, 9.17) is 19.9 Å². The first-order valence-electron chi connectivity index (χ1n) is 10.7. The number of nitrogens with two attached hydrogens (primary N) is 1. The molecule has 2 N–H and O–H groups in total. The second-order valence-electron chi connectivity index (χ2n) is 8.18. The van der Waals surface area contributed by atoms with Crippen LogP contribution in [0.25, 0.3) is 0 Å². The molecule has 2 saturated heterocycles. The first-order chi connectivity index (χ1) is 15.5. The summed E-state index contributed by atoms with van der Waals surface area (Å²) >= 11 is 0. The van der Waals surface area contributed by atoms with Gasteiger partial charge >= 0.3 is 0 Å². The molecule has 2 aliphatic heterocycles. The molecule has 2 aliphatic rings. The van der Waals surface area contributed by atoms with Gasteiger partial charge in [0.1, 0.15) is 11.5 Å². The molecule has 2 atom stereocenters. The Morgan fingerprint density at radius 1 is 1.09 bits per heavy atom. The maximum Gasteiger partial charge on any atom is 0.254 e. The summed E-state index contributed by atoms with van der Waals surface area (Å²) < 4.78 is 17.0. The third-order valence-corrected chi connectivity index (χ3v) is 6.45. The average Bonchev–Trinajstić information content (AvgIpc) is 3.10. The van der Waals surface area contributed by atoms with Crippen molar-refractivity contribution in [3.8, 4) is 23.0 Å². The van der Waals surface area contributed by atoms with Crippen LogP contribution in [-0.4, -0.2) is 62.0 Å². The van der Waals surface area contributed by atoms with Crippen LogP contribution in [0.1, 0.15) is 28.8 Å². The quantitative estimate of drug-likeness (QED) is 0.744. The molecule has 170 valence electrons. The van der Waals surface area contributed by atoms with E-state index in [1.807, 2.05) is 29.0 Å². The number of carbonyl (C=O) groups excluding carboxylic acids is 2. The van der Waals surface area contributed by atoms with Crippen molar-refractivity contribution in [3.63, 3.8) is 0 Å². The molecule has 0 saturated carbocycles. The zero-order valence-corrected chi connectivity index (χ0v) is 18.7. The topological polar surface area (TPSA) is 94.3 Å². The SMILES string of the molecule is COc1ccc(C(=O)N2CC[C@H]3[C@H](CC(=O)N3C)C2)cc1Oc1cccc(OC)c1CN. The van der Waals surface area contributed by atoms with Crippen LogP contribution < -0.4 is 19.9 Å². The summed E-state index contributed by atoms with van der Waals surface area (Å²) in [5.41, 5.74) is 7.15. The Bertz CT molecular complexity index is 1020. The number of carbonyl (C=O) groups is 2. The highest BCUT2D eigenvalue weighted by Crippen LogP contribution is 2.37. The van der Waals surface area contributed by atoms with E-state index < -0.39 is 0 Å². The van der Waals surface area contributed by atoms with Crippen molar-refractivity contribution in [3.05, 3.63) is 47.5 Å². The second-order valence-corrected chi connectivity index (χ2v) is 8.18. The summed E-state index contributed by atoms with van der Waals surface area (Å²) in [5, 5.41) is 0. The van der Waals surface area contributed by atoms with Crippen molar-refractivity contribution in [2.24, 2.45) is 11.7 Å². The molecule has 2 fully saturated rings. The van der Waals surface area contributed by atoms with E-state index in [-0.39, 0.29) is 30.3 Å². The summed E-state index contributed by atoms with van der Waals surface area (Å²) in [6.07, 6.45) is 1.29. The third-order valence-electron chi connectivity index (χ3n) is 6.45. The molecule has 2 amide bonds. The van der Waals surface area contributed by atoms with Crippen molar-refractivity contribution in [2.45, 2.75) is 25.4 Å². The average molecular weight is 440 g/mol. The van der Waals surface area contributed by atoms with E-state index in [1.54, 1.807) is 38.5 Å². The van der Waals surface area contributed by atoms with Crippen LogP contribution in [0.3, 0.4) is 0 Å². The van der Waals surface area contributed by atoms with Crippen LogP contribution in [0, 0.1) is 5.92 Å². The van der Waals surface area contributed by atoms with Crippen molar-refractivity contribution in [2.75, 3.05) is 34.4 Å². The molecular weight excluding hydrogens is 410 g/mol. The molecule has 4 rings (SSSR count). The predicted molar refractivity (Wildman–Crippen MR) is 119 cm³/mol. The number of ether oxygens (including phenoxy) is 3. The van der Waals surface area contributed by atoms with E-state index in [0.29, 0.717) is 48.1 Å². The van der Waals surface area contributed by atoms with Gasteiger partial charge in [-0.2, -0.15) is 0 Å². The Morgan fingerprint density at radius 2 is 1.84 bits per heavy atom. The molecule has 2 aromatic rings. The van der Waals surface area contributed by atoms with Crippen LogP contribution >= 0.6 is 0 Å². The van der Waals surface area contributed by atoms with Crippen LogP contribution in [0.2, 0.25) is 0 Å². The lowest BCUT2D eigenvalue weighted by Gasteiger charge is -2.36. The van der Waals surface area contributed by atoms with Gasteiger partial charge in [-0.1, -0.05) is 6.07 Å². The molecule has 8 nitrogen and oxygen atoms in total. The highest BCUT2D eigenvalue weighted by molar-refractivity contribution is 5.95. The first-order valence-corrected chi connectivity index (χ1v) is 10.7. The maximum atomic E-state index is 13.3. The fourth-order valence-electron chi connectivity index (χ4n) is 4.69. The predicted octanol–water partition coefficient (Wildman–Crippen LogP) is 2.65. The monoisotopic (exact) mass is 439 g/mol. The molecule has 0 radical (unpaired) electrons. The molecule has 0 aromatic heterocycles. The van der Waals surface area contributed by atoms with Gasteiger partial charge in [0, 0.05) is 50.6 Å². The summed E-state index contributed by atoms with van der Waals surface area (Å²) in [4.78, 5) is 29.0. The summed E-state index contributed by atoms with van der Waals surface area (Å²) in [7, 11) is 4.99. The molecule has 32 heavy (non-hydrogen) atoms. The molecule has 2 heterocycles. The lowest BCUT2D eigenvalue weighted by atomic mass is 9.92. The second kappa shape index (κ2) is 9.08. The zero-order valence-electron chi connectivity index (χ0n) is 18.7. The fraction of sp³-hybridized carbons (Fsp3) is 0.417. The first kappa shape index (κ1) is 22.0. The Kier molecular flexibility index (Phi) is 6.23. The number of hydrogen-bond acceptors (Lipinski definition) is 6. The van der Waals surface area contributed by atoms with Gasteiger partial charge < -0.3 is 29.7 Å². The van der Waals surface area contributed by atoms with E-state index in [0.717, 1.165) is 12.0 Å². The number of methoxy groups -OCH3 is 2. The Labute approximate surface area is 187 Å².